The Labute approximate surface area is 146 Å². The minimum atomic E-state index is -2.46. The Morgan fingerprint density at radius 1 is 1.30 bits per heavy atom. The lowest BCUT2D eigenvalue weighted by Gasteiger charge is -2.31. The molecule has 2 unspecified atom stereocenters. The maximum absolute atomic E-state index is 13.3. The monoisotopic (exact) mass is 385 g/mol. The molecule has 0 spiro atoms. The van der Waals surface area contributed by atoms with Crippen LogP contribution in [0.3, 0.4) is 0 Å². The van der Waals surface area contributed by atoms with Crippen molar-refractivity contribution in [1.82, 2.24) is 0 Å². The molecule has 23 heavy (non-hydrogen) atoms. The van der Waals surface area contributed by atoms with Crippen LogP contribution >= 0.6 is 15.9 Å². The highest BCUT2D eigenvalue weighted by Crippen LogP contribution is 2.38. The van der Waals surface area contributed by atoms with Crippen LogP contribution in [0.2, 0.25) is 0 Å². The van der Waals surface area contributed by atoms with E-state index in [2.05, 4.69) is 48.8 Å². The van der Waals surface area contributed by atoms with Gasteiger partial charge in [-0.1, -0.05) is 41.1 Å². The molecule has 1 aromatic carbocycles. The average Bonchev–Trinajstić information content (AvgIpc) is 2.49. The summed E-state index contributed by atoms with van der Waals surface area (Å²) in [5.74, 6) is -1.91. The molecule has 0 saturated heterocycles. The molecule has 1 saturated carbocycles. The highest BCUT2D eigenvalue weighted by Gasteiger charge is 2.36. The van der Waals surface area contributed by atoms with Crippen molar-refractivity contribution in [2.75, 3.05) is 0 Å². The largest absolute Gasteiger partial charge is 0.290 e. The number of hydrogen-bond acceptors (Lipinski definition) is 1. The maximum Gasteiger partial charge on any atom is 0.248 e. The predicted octanol–water partition coefficient (Wildman–Crippen LogP) is 6.62. The Balaban J connectivity index is 2.09. The van der Waals surface area contributed by atoms with E-state index in [1.165, 1.54) is 5.56 Å². The van der Waals surface area contributed by atoms with Crippen LogP contribution in [0.25, 0.3) is 0 Å². The molecule has 0 amide bonds. The maximum atomic E-state index is 13.3. The highest BCUT2D eigenvalue weighted by molar-refractivity contribution is 9.10. The number of benzene rings is 1. The van der Waals surface area contributed by atoms with Crippen molar-refractivity contribution in [3.05, 3.63) is 34.3 Å². The number of alkyl halides is 2. The van der Waals surface area contributed by atoms with E-state index >= 15 is 0 Å². The van der Waals surface area contributed by atoms with Crippen molar-refractivity contribution in [3.63, 3.8) is 0 Å². The van der Waals surface area contributed by atoms with Gasteiger partial charge in [0.2, 0.25) is 5.92 Å². The third kappa shape index (κ3) is 4.85. The highest BCUT2D eigenvalue weighted by atomic mass is 79.9. The molecule has 0 bridgehead atoms. The normalized spacial score (nSPS) is 21.9. The first kappa shape index (κ1) is 18.6. The zero-order valence-electron chi connectivity index (χ0n) is 14.2. The van der Waals surface area contributed by atoms with Crippen molar-refractivity contribution < 1.29 is 8.78 Å². The van der Waals surface area contributed by atoms with Gasteiger partial charge in [-0.3, -0.25) is 4.99 Å². The number of hydrogen-bond donors (Lipinski definition) is 0. The van der Waals surface area contributed by atoms with Crippen molar-refractivity contribution in [1.29, 1.82) is 0 Å². The van der Waals surface area contributed by atoms with Crippen LogP contribution in [-0.2, 0) is 0 Å². The molecule has 0 heterocycles. The Morgan fingerprint density at radius 2 is 1.91 bits per heavy atom. The van der Waals surface area contributed by atoms with E-state index in [1.807, 2.05) is 12.1 Å². The van der Waals surface area contributed by atoms with Crippen LogP contribution in [0.4, 0.5) is 8.78 Å². The van der Waals surface area contributed by atoms with Crippen molar-refractivity contribution >= 4 is 21.6 Å². The van der Waals surface area contributed by atoms with Gasteiger partial charge in [0, 0.05) is 35.0 Å². The molecule has 2 rings (SSSR count). The Hall–Kier alpha value is -0.770. The fourth-order valence-electron chi connectivity index (χ4n) is 3.56. The summed E-state index contributed by atoms with van der Waals surface area (Å²) in [5, 5.41) is 0. The number of nitrogens with zero attached hydrogens (tertiary/aromatic N) is 1. The minimum Gasteiger partial charge on any atom is -0.290 e. The summed E-state index contributed by atoms with van der Waals surface area (Å²) in [6.07, 6.45) is 2.16. The van der Waals surface area contributed by atoms with Gasteiger partial charge in [0.05, 0.1) is 0 Å². The second-order valence-electron chi connectivity index (χ2n) is 6.69. The zero-order valence-corrected chi connectivity index (χ0v) is 15.7. The molecule has 1 aliphatic rings. The van der Waals surface area contributed by atoms with E-state index in [0.29, 0.717) is 12.8 Å². The second-order valence-corrected chi connectivity index (χ2v) is 7.54. The fraction of sp³-hybridized carbons (Fsp3) is 0.632. The third-order valence-corrected chi connectivity index (χ3v) is 5.77. The first-order valence-electron chi connectivity index (χ1n) is 8.50. The lowest BCUT2D eigenvalue weighted by atomic mass is 9.82. The quantitative estimate of drug-likeness (QED) is 0.505. The summed E-state index contributed by atoms with van der Waals surface area (Å²) in [5.41, 5.74) is 2.35. The summed E-state index contributed by atoms with van der Waals surface area (Å²) < 4.78 is 27.7. The minimum absolute atomic E-state index is 0.0119. The molecule has 4 heteroatoms. The summed E-state index contributed by atoms with van der Waals surface area (Å²) in [6, 6.07) is 8.35. The molecule has 128 valence electrons. The fourth-order valence-corrected chi connectivity index (χ4v) is 4.12. The van der Waals surface area contributed by atoms with E-state index < -0.39 is 5.92 Å². The predicted molar refractivity (Wildman–Crippen MR) is 96.7 cm³/mol. The first-order valence-corrected chi connectivity index (χ1v) is 9.30. The van der Waals surface area contributed by atoms with Crippen molar-refractivity contribution in [3.8, 4) is 0 Å². The molecular weight excluding hydrogens is 360 g/mol. The van der Waals surface area contributed by atoms with Gasteiger partial charge in [-0.2, -0.15) is 0 Å². The molecule has 1 fully saturated rings. The lowest BCUT2D eigenvalue weighted by Crippen LogP contribution is -2.29. The third-order valence-electron chi connectivity index (χ3n) is 5.04. The van der Waals surface area contributed by atoms with Gasteiger partial charge >= 0.3 is 0 Å². The van der Waals surface area contributed by atoms with E-state index in [-0.39, 0.29) is 30.7 Å². The van der Waals surface area contributed by atoms with Gasteiger partial charge < -0.3 is 0 Å². The van der Waals surface area contributed by atoms with Gasteiger partial charge in [-0.05, 0) is 50.7 Å². The van der Waals surface area contributed by atoms with E-state index in [4.69, 9.17) is 4.99 Å². The number of halogens is 3. The number of aliphatic imine (C=N–C) groups is 1. The molecule has 1 aliphatic carbocycles. The molecule has 0 radical (unpaired) electrons. The molecular formula is C19H26BrF2N. The van der Waals surface area contributed by atoms with Gasteiger partial charge in [0.15, 0.2) is 0 Å². The molecule has 0 aliphatic heterocycles. The van der Waals surface area contributed by atoms with E-state index in [1.54, 1.807) is 0 Å². The van der Waals surface area contributed by atoms with Crippen LogP contribution < -0.4 is 0 Å². The van der Waals surface area contributed by atoms with E-state index in [9.17, 15) is 8.78 Å². The smallest absolute Gasteiger partial charge is 0.248 e. The van der Waals surface area contributed by atoms with Crippen LogP contribution in [0.15, 0.2) is 33.7 Å². The van der Waals surface area contributed by atoms with Crippen molar-refractivity contribution in [2.45, 2.75) is 70.8 Å². The number of rotatable bonds is 5. The summed E-state index contributed by atoms with van der Waals surface area (Å²) in [4.78, 5) is 4.89. The lowest BCUT2D eigenvalue weighted by molar-refractivity contribution is -0.0475. The SMILES string of the molecule is CCC(/C(C)=N/C(C)C1CCC(F)(F)CC1)c1ccccc1Br. The average molecular weight is 386 g/mol. The van der Waals surface area contributed by atoms with Crippen LogP contribution in [-0.4, -0.2) is 17.7 Å². The zero-order chi connectivity index (χ0) is 17.0. The summed E-state index contributed by atoms with van der Waals surface area (Å²) >= 11 is 3.62. The van der Waals surface area contributed by atoms with Gasteiger partial charge in [0.1, 0.15) is 0 Å². The van der Waals surface area contributed by atoms with Crippen molar-refractivity contribution in [2.24, 2.45) is 10.9 Å². The Morgan fingerprint density at radius 3 is 2.48 bits per heavy atom. The van der Waals surface area contributed by atoms with Gasteiger partial charge in [-0.25, -0.2) is 8.78 Å². The summed E-state index contributed by atoms with van der Waals surface area (Å²) in [6.45, 7) is 6.31. The first-order chi connectivity index (χ1) is 10.8. The Bertz CT molecular complexity index is 546. The molecule has 0 aromatic heterocycles. The van der Waals surface area contributed by atoms with Crippen LogP contribution in [0, 0.1) is 5.92 Å². The van der Waals surface area contributed by atoms with Gasteiger partial charge in [-0.15, -0.1) is 0 Å². The van der Waals surface area contributed by atoms with E-state index in [0.717, 1.165) is 16.6 Å². The standard InChI is InChI=1S/C19H26BrF2N/c1-4-16(17-7-5-6-8-18(17)20)14(3)23-13(2)15-9-11-19(21,22)12-10-15/h5-8,13,15-16H,4,9-12H2,1-3H3/b23-14+. The van der Waals surface area contributed by atoms with Crippen LogP contribution in [0.5, 0.6) is 0 Å². The molecule has 2 atom stereocenters. The Kier molecular flexibility index (Phi) is 6.35. The topological polar surface area (TPSA) is 12.4 Å². The summed E-state index contributed by atoms with van der Waals surface area (Å²) in [7, 11) is 0. The second kappa shape index (κ2) is 7.87. The van der Waals surface area contributed by atoms with Crippen LogP contribution in [0.1, 0.15) is 64.4 Å². The molecule has 1 nitrogen and oxygen atoms in total. The molecule has 1 aromatic rings. The molecule has 0 N–H and O–H groups in total. The van der Waals surface area contributed by atoms with Gasteiger partial charge in [0.25, 0.3) is 0 Å².